The van der Waals surface area contributed by atoms with Crippen LogP contribution in [0.5, 0.6) is 0 Å². The quantitative estimate of drug-likeness (QED) is 0.0690. The smallest absolute Gasteiger partial charge is 0.244 e. The largest absolute Gasteiger partial charge is 0.391 e. The second kappa shape index (κ2) is 24.4. The molecule has 1 aliphatic heterocycles. The van der Waals surface area contributed by atoms with Crippen molar-refractivity contribution in [1.29, 1.82) is 0 Å². The van der Waals surface area contributed by atoms with Crippen LogP contribution in [0.1, 0.15) is 111 Å². The Bertz CT molecular complexity index is 2130. The van der Waals surface area contributed by atoms with Gasteiger partial charge in [-0.2, -0.15) is 0 Å². The van der Waals surface area contributed by atoms with Crippen LogP contribution in [0.3, 0.4) is 0 Å². The number of fused-ring (bicyclic) bond motifs is 1. The lowest BCUT2D eigenvalue weighted by Gasteiger charge is -2.34. The molecule has 2 fully saturated rings. The summed E-state index contributed by atoms with van der Waals surface area (Å²) >= 11 is 3.15. The number of thioether (sulfide) groups is 2. The van der Waals surface area contributed by atoms with Crippen molar-refractivity contribution in [2.24, 2.45) is 29.6 Å². The number of aliphatic hydroxyl groups excluding tert-OH is 1. The molecule has 2 aliphatic rings. The summed E-state index contributed by atoms with van der Waals surface area (Å²) in [4.78, 5) is 61.4. The molecule has 4 amide bonds. The molecule has 2 heterocycles. The lowest BCUT2D eigenvalue weighted by molar-refractivity contribution is -0.134. The molecule has 0 spiro atoms. The fourth-order valence-corrected chi connectivity index (χ4v) is 13.1. The summed E-state index contributed by atoms with van der Waals surface area (Å²) < 4.78 is 26.1. The first-order valence-electron chi connectivity index (χ1n) is 23.6. The highest BCUT2D eigenvalue weighted by Crippen LogP contribution is 2.36. The number of carbonyl (C=O) groups excluding carboxylic acids is 4. The highest BCUT2D eigenvalue weighted by Gasteiger charge is 2.41. The van der Waals surface area contributed by atoms with E-state index < -0.39 is 68.2 Å². The molecule has 0 bridgehead atoms. The third-order valence-electron chi connectivity index (χ3n) is 13.3. The minimum atomic E-state index is -3.76. The van der Waals surface area contributed by atoms with Crippen molar-refractivity contribution < 1.29 is 32.7 Å². The van der Waals surface area contributed by atoms with Gasteiger partial charge in [-0.15, -0.1) is 23.5 Å². The van der Waals surface area contributed by atoms with Crippen LogP contribution in [0.2, 0.25) is 0 Å². The van der Waals surface area contributed by atoms with Gasteiger partial charge in [0.2, 0.25) is 23.6 Å². The van der Waals surface area contributed by atoms with Gasteiger partial charge in [-0.25, -0.2) is 8.42 Å². The molecule has 1 unspecified atom stereocenters. The van der Waals surface area contributed by atoms with Gasteiger partial charge < -0.3 is 26.4 Å². The van der Waals surface area contributed by atoms with Gasteiger partial charge in [-0.05, 0) is 86.3 Å². The molecule has 1 aliphatic carbocycles. The van der Waals surface area contributed by atoms with Gasteiger partial charge in [-0.1, -0.05) is 115 Å². The number of pyridine rings is 1. The summed E-state index contributed by atoms with van der Waals surface area (Å²) in [7, 11) is -3.76. The Hall–Kier alpha value is -3.66. The molecule has 1 aromatic heterocycles. The number of nitrogens with zero attached hydrogens (tertiary/aromatic N) is 1. The molecular weight excluding hydrogens is 879 g/mol. The Balaban J connectivity index is 1.38. The predicted molar refractivity (Wildman–Crippen MR) is 265 cm³/mol. The van der Waals surface area contributed by atoms with Gasteiger partial charge >= 0.3 is 0 Å². The van der Waals surface area contributed by atoms with Crippen LogP contribution in [-0.4, -0.2) is 93.0 Å². The molecule has 2 aromatic carbocycles. The van der Waals surface area contributed by atoms with E-state index in [0.29, 0.717) is 18.5 Å². The average Bonchev–Trinajstić information content (AvgIpc) is 3.82. The Morgan fingerprint density at radius 2 is 1.51 bits per heavy atom. The van der Waals surface area contributed by atoms with Crippen molar-refractivity contribution in [1.82, 2.24) is 26.3 Å². The summed E-state index contributed by atoms with van der Waals surface area (Å²) in [6.07, 6.45) is 7.08. The summed E-state index contributed by atoms with van der Waals surface area (Å²) in [6.45, 7) is 12.8. The monoisotopic (exact) mass is 951 g/mol. The van der Waals surface area contributed by atoms with Gasteiger partial charge in [0.1, 0.15) is 12.1 Å². The number of rotatable bonds is 22. The van der Waals surface area contributed by atoms with Gasteiger partial charge in [0.25, 0.3) is 0 Å². The molecule has 5 N–H and O–H groups in total. The van der Waals surface area contributed by atoms with E-state index in [4.69, 9.17) is 0 Å². The van der Waals surface area contributed by atoms with E-state index >= 15 is 0 Å². The number of aliphatic hydroxyl groups is 1. The molecule has 0 radical (unpaired) electrons. The topological polar surface area (TPSA) is 184 Å². The molecule has 3 aromatic rings. The maximum absolute atomic E-state index is 14.8. The van der Waals surface area contributed by atoms with Crippen LogP contribution >= 0.6 is 23.5 Å². The molecule has 12 nitrogen and oxygen atoms in total. The molecule has 5 rings (SSSR count). The second-order valence-corrected chi connectivity index (χ2v) is 25.0. The van der Waals surface area contributed by atoms with E-state index in [1.54, 1.807) is 56.6 Å². The Morgan fingerprint density at radius 3 is 2.15 bits per heavy atom. The molecule has 15 heteroatoms. The van der Waals surface area contributed by atoms with Crippen molar-refractivity contribution in [3.63, 3.8) is 0 Å². The van der Waals surface area contributed by atoms with Crippen LogP contribution in [0.25, 0.3) is 10.8 Å². The van der Waals surface area contributed by atoms with Gasteiger partial charge in [-0.3, -0.25) is 24.2 Å². The van der Waals surface area contributed by atoms with Crippen LogP contribution < -0.4 is 21.3 Å². The number of amides is 4. The number of benzene rings is 2. The highest BCUT2D eigenvalue weighted by molar-refractivity contribution is 8.20. The third-order valence-corrected chi connectivity index (χ3v) is 19.1. The minimum absolute atomic E-state index is 0.0473. The number of nitrogens with one attached hydrogen (secondary N) is 4. The predicted octanol–water partition coefficient (Wildman–Crippen LogP) is 7.22. The Labute approximate surface area is 396 Å². The molecule has 65 heavy (non-hydrogen) atoms. The van der Waals surface area contributed by atoms with E-state index in [1.165, 1.54) is 0 Å². The molecular formula is C50H73N5O7S3. The molecule has 358 valence electrons. The van der Waals surface area contributed by atoms with Crippen LogP contribution in [0, 0.1) is 29.6 Å². The lowest BCUT2D eigenvalue weighted by Crippen LogP contribution is -2.57. The van der Waals surface area contributed by atoms with Crippen molar-refractivity contribution >= 4 is 67.8 Å². The SMILES string of the molecule is CC[C@@H](C)[C@H](NC(=O)C(C[C@H](O)[C@H](CC1CCCCC1)NC(=O)[C@@H](NC(=O)[C@H](Cc1cccc2ccccc12)CS(=O)(=O)C(C)(C)C)C1SCCS1)C(C)C)C(=O)NCc1ccccn1. The summed E-state index contributed by atoms with van der Waals surface area (Å²) in [5.74, 6) is -2.22. The average molecular weight is 952 g/mol. The fraction of sp³-hybridized carbons (Fsp3) is 0.620. The fourth-order valence-electron chi connectivity index (χ4n) is 8.80. The van der Waals surface area contributed by atoms with E-state index in [1.807, 2.05) is 82.3 Å². The zero-order valence-corrected chi connectivity index (χ0v) is 41.8. The van der Waals surface area contributed by atoms with E-state index in [2.05, 4.69) is 26.3 Å². The van der Waals surface area contributed by atoms with Crippen LogP contribution in [0.15, 0.2) is 66.9 Å². The third kappa shape index (κ3) is 14.9. The van der Waals surface area contributed by atoms with Gasteiger partial charge in [0.15, 0.2) is 9.84 Å². The summed E-state index contributed by atoms with van der Waals surface area (Å²) in [6, 6.07) is 16.6. The second-order valence-electron chi connectivity index (χ2n) is 19.4. The number of carbonyl (C=O) groups is 4. The van der Waals surface area contributed by atoms with E-state index in [-0.39, 0.29) is 53.5 Å². The number of aromatic nitrogens is 1. The summed E-state index contributed by atoms with van der Waals surface area (Å²) in [5, 5.41) is 26.3. The zero-order valence-electron chi connectivity index (χ0n) is 39.4. The first-order chi connectivity index (χ1) is 30.9. The molecule has 1 saturated carbocycles. The maximum atomic E-state index is 14.8. The zero-order chi connectivity index (χ0) is 47.3. The van der Waals surface area contributed by atoms with Crippen LogP contribution in [-0.2, 0) is 42.0 Å². The molecule has 1 saturated heterocycles. The number of hydrogen-bond donors (Lipinski definition) is 5. The highest BCUT2D eigenvalue weighted by atomic mass is 32.2. The first kappa shape index (κ1) is 52.3. The summed E-state index contributed by atoms with van der Waals surface area (Å²) in [5.41, 5.74) is 1.54. The first-order valence-corrected chi connectivity index (χ1v) is 27.3. The lowest BCUT2D eigenvalue weighted by atomic mass is 9.81. The van der Waals surface area contributed by atoms with Crippen LogP contribution in [0.4, 0.5) is 0 Å². The maximum Gasteiger partial charge on any atom is 0.244 e. The van der Waals surface area contributed by atoms with Gasteiger partial charge in [0.05, 0.1) is 45.4 Å². The minimum Gasteiger partial charge on any atom is -0.391 e. The van der Waals surface area contributed by atoms with Crippen molar-refractivity contribution in [3.8, 4) is 0 Å². The number of hydrogen-bond acceptors (Lipinski definition) is 10. The van der Waals surface area contributed by atoms with Gasteiger partial charge in [0, 0.05) is 23.6 Å². The molecule has 7 atom stereocenters. The number of sulfone groups is 1. The Kier molecular flexibility index (Phi) is 19.6. The normalized spacial score (nSPS) is 18.5. The van der Waals surface area contributed by atoms with E-state index in [9.17, 15) is 32.7 Å². The van der Waals surface area contributed by atoms with Crippen molar-refractivity contribution in [3.05, 3.63) is 78.1 Å². The Morgan fingerprint density at radius 1 is 0.831 bits per heavy atom. The standard InChI is InChI=1S/C50H73N5O7S3/c1-8-33(4)43(47(59)52-30-38-22-14-15-24-51-38)54-46(58)40(32(2)3)29-42(56)41(27-34-17-10-9-11-18-34)53-48(60)44(49-63-25-26-64-49)55-45(57)37(31-65(61,62)50(5,6)7)28-36-21-16-20-35-19-12-13-23-39(35)36/h12-16,19-24,32-34,37,40-44,49,56H,8-11,17-18,25-31H2,1-7H3,(H,52,59)(H,53,60)(H,54,58)(H,55,57)/t33-,37-,40?,41+,42+,43+,44-/m1/s1. The van der Waals surface area contributed by atoms with E-state index in [0.717, 1.165) is 59.9 Å². The van der Waals surface area contributed by atoms with Crippen molar-refractivity contribution in [2.45, 2.75) is 146 Å². The van der Waals surface area contributed by atoms with Crippen molar-refractivity contribution in [2.75, 3.05) is 17.3 Å².